The van der Waals surface area contributed by atoms with Gasteiger partial charge in [-0.1, -0.05) is 0 Å². The molecule has 15 heavy (non-hydrogen) atoms. The number of rotatable bonds is 1. The predicted octanol–water partition coefficient (Wildman–Crippen LogP) is 2.74. The highest BCUT2D eigenvalue weighted by Gasteiger charge is 2.25. The molecular formula is C10H13BrN2OS. The van der Waals surface area contributed by atoms with E-state index in [-0.39, 0.29) is 0 Å². The second-order valence-electron chi connectivity index (χ2n) is 4.00. The van der Waals surface area contributed by atoms with Crippen molar-refractivity contribution in [1.29, 1.82) is 0 Å². The van der Waals surface area contributed by atoms with Crippen LogP contribution in [0.1, 0.15) is 30.1 Å². The van der Waals surface area contributed by atoms with Crippen LogP contribution in [0.15, 0.2) is 4.60 Å². The Hall–Kier alpha value is -0.0000000000000000763. The van der Waals surface area contributed by atoms with Crippen LogP contribution < -0.4 is 0 Å². The van der Waals surface area contributed by atoms with Gasteiger partial charge >= 0.3 is 0 Å². The first-order chi connectivity index (χ1) is 7.36. The summed E-state index contributed by atoms with van der Waals surface area (Å²) in [7, 11) is 0. The lowest BCUT2D eigenvalue weighted by Crippen LogP contribution is -2.17. The Labute approximate surface area is 102 Å². The molecule has 1 fully saturated rings. The maximum absolute atomic E-state index is 5.37. The minimum Gasteiger partial charge on any atom is -0.370 e. The Balaban J connectivity index is 1.91. The van der Waals surface area contributed by atoms with E-state index >= 15 is 0 Å². The zero-order valence-electron chi connectivity index (χ0n) is 8.41. The molecule has 1 aromatic rings. The number of halogens is 1. The van der Waals surface area contributed by atoms with Gasteiger partial charge < -0.3 is 4.74 Å². The monoisotopic (exact) mass is 288 g/mol. The van der Waals surface area contributed by atoms with Gasteiger partial charge in [-0.05, 0) is 40.3 Å². The van der Waals surface area contributed by atoms with E-state index in [4.69, 9.17) is 4.74 Å². The van der Waals surface area contributed by atoms with Crippen molar-refractivity contribution in [2.24, 2.45) is 0 Å². The van der Waals surface area contributed by atoms with E-state index in [1.165, 1.54) is 29.9 Å². The van der Waals surface area contributed by atoms with Gasteiger partial charge in [-0.15, -0.1) is 0 Å². The Morgan fingerprint density at radius 3 is 2.87 bits per heavy atom. The van der Waals surface area contributed by atoms with Gasteiger partial charge in [-0.3, -0.25) is 4.68 Å². The average molecular weight is 289 g/mol. The number of ether oxygens (including phenoxy) is 1. The molecule has 0 saturated carbocycles. The second-order valence-corrected chi connectivity index (χ2v) is 5.97. The molecule has 5 heteroatoms. The van der Waals surface area contributed by atoms with E-state index < -0.39 is 0 Å². The summed E-state index contributed by atoms with van der Waals surface area (Å²) in [5.74, 6) is 2.52. The predicted molar refractivity (Wildman–Crippen MR) is 64.0 cm³/mol. The van der Waals surface area contributed by atoms with E-state index in [1.807, 2.05) is 11.8 Å². The molecule has 0 bridgehead atoms. The molecule has 1 aromatic heterocycles. The van der Waals surface area contributed by atoms with E-state index in [0.717, 1.165) is 16.9 Å². The van der Waals surface area contributed by atoms with Gasteiger partial charge in [-0.2, -0.15) is 16.9 Å². The van der Waals surface area contributed by atoms with Crippen LogP contribution in [0.25, 0.3) is 0 Å². The number of hydrogen-bond acceptors (Lipinski definition) is 3. The summed E-state index contributed by atoms with van der Waals surface area (Å²) < 4.78 is 8.69. The SMILES string of the molecule is Brc1c2c(nn1C1CCSCC1)COC2. The van der Waals surface area contributed by atoms with Crippen LogP contribution in [0.2, 0.25) is 0 Å². The van der Waals surface area contributed by atoms with E-state index in [0.29, 0.717) is 12.6 Å². The lowest BCUT2D eigenvalue weighted by molar-refractivity contribution is 0.129. The molecule has 2 aliphatic heterocycles. The Morgan fingerprint density at radius 2 is 2.13 bits per heavy atom. The fraction of sp³-hybridized carbons (Fsp3) is 0.700. The molecule has 0 radical (unpaired) electrons. The summed E-state index contributed by atoms with van der Waals surface area (Å²) >= 11 is 5.70. The second kappa shape index (κ2) is 4.11. The van der Waals surface area contributed by atoms with Crippen LogP contribution in [0, 0.1) is 0 Å². The van der Waals surface area contributed by atoms with Crippen molar-refractivity contribution in [2.75, 3.05) is 11.5 Å². The summed E-state index contributed by atoms with van der Waals surface area (Å²) in [4.78, 5) is 0. The molecule has 3 heterocycles. The molecule has 3 nitrogen and oxygen atoms in total. The highest BCUT2D eigenvalue weighted by atomic mass is 79.9. The number of aromatic nitrogens is 2. The molecule has 0 unspecified atom stereocenters. The topological polar surface area (TPSA) is 27.1 Å². The maximum atomic E-state index is 5.37. The quantitative estimate of drug-likeness (QED) is 0.795. The third-order valence-corrected chi connectivity index (χ3v) is 4.94. The minimum atomic E-state index is 0.589. The molecule has 0 aliphatic carbocycles. The van der Waals surface area contributed by atoms with Crippen LogP contribution in [0.3, 0.4) is 0 Å². The van der Waals surface area contributed by atoms with Crippen molar-refractivity contribution in [3.8, 4) is 0 Å². The Morgan fingerprint density at radius 1 is 1.33 bits per heavy atom. The van der Waals surface area contributed by atoms with Gasteiger partial charge in [-0.25, -0.2) is 0 Å². The zero-order chi connectivity index (χ0) is 10.3. The van der Waals surface area contributed by atoms with Gasteiger partial charge in [0.15, 0.2) is 0 Å². The van der Waals surface area contributed by atoms with Crippen molar-refractivity contribution in [1.82, 2.24) is 9.78 Å². The Kier molecular flexibility index (Phi) is 2.79. The number of hydrogen-bond donors (Lipinski definition) is 0. The van der Waals surface area contributed by atoms with Crippen LogP contribution in [0.5, 0.6) is 0 Å². The molecule has 82 valence electrons. The third kappa shape index (κ3) is 1.74. The van der Waals surface area contributed by atoms with Crippen molar-refractivity contribution in [3.63, 3.8) is 0 Å². The molecule has 3 rings (SSSR count). The van der Waals surface area contributed by atoms with Crippen LogP contribution in [-0.4, -0.2) is 21.3 Å². The molecule has 2 aliphatic rings. The van der Waals surface area contributed by atoms with Crippen LogP contribution >= 0.6 is 27.7 Å². The molecule has 0 amide bonds. The molecule has 0 aromatic carbocycles. The van der Waals surface area contributed by atoms with Crippen molar-refractivity contribution >= 4 is 27.7 Å². The van der Waals surface area contributed by atoms with Crippen molar-refractivity contribution < 1.29 is 4.74 Å². The lowest BCUT2D eigenvalue weighted by atomic mass is 10.2. The number of thioether (sulfide) groups is 1. The normalized spacial score (nSPS) is 21.9. The summed E-state index contributed by atoms with van der Waals surface area (Å²) in [5.41, 5.74) is 2.38. The molecule has 0 spiro atoms. The average Bonchev–Trinajstić information content (AvgIpc) is 2.83. The summed E-state index contributed by atoms with van der Waals surface area (Å²) in [5, 5.41) is 4.65. The lowest BCUT2D eigenvalue weighted by Gasteiger charge is -2.22. The van der Waals surface area contributed by atoms with E-state index in [1.54, 1.807) is 0 Å². The van der Waals surface area contributed by atoms with Crippen molar-refractivity contribution in [2.45, 2.75) is 32.1 Å². The fourth-order valence-corrected chi connectivity index (χ4v) is 3.97. The zero-order valence-corrected chi connectivity index (χ0v) is 10.8. The number of nitrogens with zero attached hydrogens (tertiary/aromatic N) is 2. The summed E-state index contributed by atoms with van der Waals surface area (Å²) in [6.45, 7) is 1.40. The van der Waals surface area contributed by atoms with Gasteiger partial charge in [0.1, 0.15) is 4.60 Å². The van der Waals surface area contributed by atoms with Gasteiger partial charge in [0.05, 0.1) is 24.9 Å². The molecule has 0 atom stereocenters. The summed E-state index contributed by atoms with van der Waals surface area (Å²) in [6, 6.07) is 0.589. The molecule has 1 saturated heterocycles. The van der Waals surface area contributed by atoms with E-state index in [2.05, 4.69) is 25.7 Å². The standard InChI is InChI=1S/C10H13BrN2OS/c11-10-8-5-14-6-9(8)12-13(10)7-1-3-15-4-2-7/h7H,1-6H2. The minimum absolute atomic E-state index is 0.589. The van der Waals surface area contributed by atoms with Crippen LogP contribution in [-0.2, 0) is 18.0 Å². The molecule has 0 N–H and O–H groups in total. The third-order valence-electron chi connectivity index (χ3n) is 3.05. The Bertz CT molecular complexity index is 374. The highest BCUT2D eigenvalue weighted by Crippen LogP contribution is 2.34. The summed E-state index contributed by atoms with van der Waals surface area (Å²) in [6.07, 6.45) is 2.48. The van der Waals surface area contributed by atoms with Gasteiger partial charge in [0.2, 0.25) is 0 Å². The molecular weight excluding hydrogens is 276 g/mol. The van der Waals surface area contributed by atoms with Crippen LogP contribution in [0.4, 0.5) is 0 Å². The fourth-order valence-electron chi connectivity index (χ4n) is 2.17. The van der Waals surface area contributed by atoms with Gasteiger partial charge in [0, 0.05) is 5.56 Å². The van der Waals surface area contributed by atoms with Gasteiger partial charge in [0.25, 0.3) is 0 Å². The highest BCUT2D eigenvalue weighted by molar-refractivity contribution is 9.10. The maximum Gasteiger partial charge on any atom is 0.110 e. The first-order valence-electron chi connectivity index (χ1n) is 5.27. The smallest absolute Gasteiger partial charge is 0.110 e. The number of fused-ring (bicyclic) bond motifs is 1. The first kappa shape index (κ1) is 10.2. The van der Waals surface area contributed by atoms with E-state index in [9.17, 15) is 0 Å². The largest absolute Gasteiger partial charge is 0.370 e. The first-order valence-corrected chi connectivity index (χ1v) is 7.22. The van der Waals surface area contributed by atoms with Crippen molar-refractivity contribution in [3.05, 3.63) is 15.9 Å².